The summed E-state index contributed by atoms with van der Waals surface area (Å²) in [5.41, 5.74) is 1.80. The lowest BCUT2D eigenvalue weighted by molar-refractivity contribution is -0.192. The Hall–Kier alpha value is -4.88. The van der Waals surface area contributed by atoms with E-state index in [1.807, 2.05) is 0 Å². The molecule has 14 heteroatoms. The van der Waals surface area contributed by atoms with Gasteiger partial charge in [-0.1, -0.05) is 0 Å². The number of hydrogen-bond donors (Lipinski definition) is 2. The normalized spacial score (nSPS) is 10.9. The van der Waals surface area contributed by atoms with Crippen molar-refractivity contribution in [3.05, 3.63) is 65.9 Å². The number of anilines is 1. The highest BCUT2D eigenvalue weighted by atomic mass is 19.4. The molecular weight excluding hydrogens is 528 g/mol. The topological polar surface area (TPSA) is 125 Å². The number of benzene rings is 2. The number of halogens is 4. The molecule has 0 atom stereocenters. The summed E-state index contributed by atoms with van der Waals surface area (Å²) < 4.78 is 64.7. The molecule has 206 valence electrons. The van der Waals surface area contributed by atoms with E-state index in [-0.39, 0.29) is 11.4 Å². The van der Waals surface area contributed by atoms with Crippen LogP contribution in [-0.2, 0) is 11.8 Å². The molecule has 0 aliphatic carbocycles. The molecule has 4 aromatic rings. The van der Waals surface area contributed by atoms with Gasteiger partial charge in [0, 0.05) is 42.6 Å². The number of nitrogens with zero attached hydrogens (tertiary/aromatic N) is 3. The molecule has 0 saturated carbocycles. The summed E-state index contributed by atoms with van der Waals surface area (Å²) in [6.45, 7) is 1.75. The molecular formula is C25H22F4N4O6. The lowest BCUT2D eigenvalue weighted by Gasteiger charge is -2.14. The number of aryl methyl sites for hydroxylation is 2. The number of carboxylic acid groups (broad SMARTS) is 1. The van der Waals surface area contributed by atoms with E-state index < -0.39 is 23.9 Å². The van der Waals surface area contributed by atoms with Crippen LogP contribution in [0.4, 0.5) is 23.2 Å². The number of nitrogens with one attached hydrogen (secondary N) is 1. The van der Waals surface area contributed by atoms with Gasteiger partial charge in [0.1, 0.15) is 5.75 Å². The van der Waals surface area contributed by atoms with Gasteiger partial charge in [-0.3, -0.25) is 14.5 Å². The Kier molecular flexibility index (Phi) is 8.58. The average Bonchev–Trinajstić information content (AvgIpc) is 3.32. The minimum Gasteiger partial charge on any atom is -0.493 e. The number of carboxylic acids is 1. The molecule has 0 aliphatic heterocycles. The van der Waals surface area contributed by atoms with Crippen molar-refractivity contribution in [2.75, 3.05) is 19.5 Å². The van der Waals surface area contributed by atoms with Crippen LogP contribution in [0.1, 0.15) is 16.1 Å². The Labute approximate surface area is 218 Å². The number of aromatic nitrogens is 3. The minimum atomic E-state index is -5.08. The highest BCUT2D eigenvalue weighted by molar-refractivity contribution is 6.03. The Morgan fingerprint density at radius 3 is 2.21 bits per heavy atom. The van der Waals surface area contributed by atoms with E-state index in [0.717, 1.165) is 0 Å². The smallest absolute Gasteiger partial charge is 0.490 e. The number of carbonyl (C=O) groups excluding carboxylic acids is 1. The van der Waals surface area contributed by atoms with Crippen molar-refractivity contribution in [2.24, 2.45) is 7.05 Å². The third kappa shape index (κ3) is 6.91. The van der Waals surface area contributed by atoms with Gasteiger partial charge in [-0.15, -0.1) is 0 Å². The standard InChI is InChI=1S/C23H21FN4O4.C2HF3O2/c1-13-9-20(15(24)11-17(13)26-23(29)16-6-8-28(2)27-16)32-19-5-7-25-18-12-22(31-4)21(30-3)10-14(18)19;3-2(4,5)1(6)7/h5-12H,1-4H3,(H,26,29);(H,6,7). The van der Waals surface area contributed by atoms with Crippen molar-refractivity contribution in [1.82, 2.24) is 14.8 Å². The predicted molar refractivity (Wildman–Crippen MR) is 131 cm³/mol. The molecule has 1 amide bonds. The Bertz CT molecular complexity index is 1520. The lowest BCUT2D eigenvalue weighted by Crippen LogP contribution is -2.21. The van der Waals surface area contributed by atoms with Crippen molar-refractivity contribution in [2.45, 2.75) is 13.1 Å². The molecule has 10 nitrogen and oxygen atoms in total. The molecule has 4 rings (SSSR count). The van der Waals surface area contributed by atoms with Crippen molar-refractivity contribution in [1.29, 1.82) is 0 Å². The highest BCUT2D eigenvalue weighted by Gasteiger charge is 2.38. The van der Waals surface area contributed by atoms with Crippen LogP contribution in [0.15, 0.2) is 48.8 Å². The number of aliphatic carboxylic acids is 1. The molecule has 0 radical (unpaired) electrons. The van der Waals surface area contributed by atoms with Gasteiger partial charge in [-0.2, -0.15) is 18.3 Å². The number of rotatable bonds is 6. The van der Waals surface area contributed by atoms with Gasteiger partial charge in [0.15, 0.2) is 28.8 Å². The number of carbonyl (C=O) groups is 2. The van der Waals surface area contributed by atoms with E-state index in [1.165, 1.54) is 31.0 Å². The molecule has 0 spiro atoms. The lowest BCUT2D eigenvalue weighted by atomic mass is 10.1. The zero-order valence-corrected chi connectivity index (χ0v) is 21.0. The summed E-state index contributed by atoms with van der Waals surface area (Å²) in [5, 5.41) is 14.5. The molecule has 0 aliphatic rings. The molecule has 0 saturated heterocycles. The van der Waals surface area contributed by atoms with Crippen molar-refractivity contribution in [3.8, 4) is 23.0 Å². The van der Waals surface area contributed by atoms with Gasteiger partial charge in [-0.25, -0.2) is 9.18 Å². The second-order valence-electron chi connectivity index (χ2n) is 7.86. The van der Waals surface area contributed by atoms with Crippen molar-refractivity contribution >= 4 is 28.5 Å². The van der Waals surface area contributed by atoms with Crippen LogP contribution in [-0.4, -0.2) is 52.1 Å². The number of ether oxygens (including phenoxy) is 3. The van der Waals surface area contributed by atoms with Crippen LogP contribution in [0.25, 0.3) is 10.9 Å². The van der Waals surface area contributed by atoms with Crippen LogP contribution in [0.2, 0.25) is 0 Å². The molecule has 2 N–H and O–H groups in total. The number of methoxy groups -OCH3 is 2. The maximum atomic E-state index is 14.9. The first kappa shape index (κ1) is 28.7. The van der Waals surface area contributed by atoms with E-state index >= 15 is 0 Å². The first-order chi connectivity index (χ1) is 18.3. The summed E-state index contributed by atoms with van der Waals surface area (Å²) in [5.74, 6) is -2.37. The van der Waals surface area contributed by atoms with Crippen LogP contribution in [0.5, 0.6) is 23.0 Å². The van der Waals surface area contributed by atoms with E-state index in [4.69, 9.17) is 24.1 Å². The van der Waals surface area contributed by atoms with Gasteiger partial charge in [0.2, 0.25) is 0 Å². The molecule has 0 unspecified atom stereocenters. The molecule has 0 fully saturated rings. The number of hydrogen-bond acceptors (Lipinski definition) is 7. The van der Waals surface area contributed by atoms with Crippen LogP contribution >= 0.6 is 0 Å². The van der Waals surface area contributed by atoms with E-state index in [1.54, 1.807) is 50.6 Å². The zero-order chi connectivity index (χ0) is 28.9. The molecule has 2 aromatic carbocycles. The second kappa shape index (κ2) is 11.7. The summed E-state index contributed by atoms with van der Waals surface area (Å²) in [7, 11) is 4.78. The minimum absolute atomic E-state index is 0.0145. The molecule has 2 aromatic heterocycles. The predicted octanol–water partition coefficient (Wildman–Crippen LogP) is 5.11. The van der Waals surface area contributed by atoms with Crippen molar-refractivity contribution in [3.63, 3.8) is 0 Å². The molecule has 39 heavy (non-hydrogen) atoms. The number of alkyl halides is 3. The summed E-state index contributed by atoms with van der Waals surface area (Å²) in [6, 6.07) is 9.41. The van der Waals surface area contributed by atoms with E-state index in [9.17, 15) is 22.4 Å². The van der Waals surface area contributed by atoms with E-state index in [2.05, 4.69) is 15.4 Å². The molecule has 0 bridgehead atoms. The van der Waals surface area contributed by atoms with Crippen LogP contribution in [0.3, 0.4) is 0 Å². The summed E-state index contributed by atoms with van der Waals surface area (Å²) in [4.78, 5) is 25.6. The van der Waals surface area contributed by atoms with Gasteiger partial charge in [0.25, 0.3) is 5.91 Å². The maximum absolute atomic E-state index is 14.9. The Balaban J connectivity index is 0.000000532. The van der Waals surface area contributed by atoms with E-state index in [0.29, 0.717) is 39.4 Å². The monoisotopic (exact) mass is 550 g/mol. The van der Waals surface area contributed by atoms with Gasteiger partial charge < -0.3 is 24.6 Å². The van der Waals surface area contributed by atoms with Gasteiger partial charge >= 0.3 is 12.1 Å². The van der Waals surface area contributed by atoms with Crippen molar-refractivity contribution < 1.29 is 46.5 Å². The Morgan fingerprint density at radius 1 is 1.00 bits per heavy atom. The maximum Gasteiger partial charge on any atom is 0.490 e. The number of fused-ring (bicyclic) bond motifs is 1. The van der Waals surface area contributed by atoms with Gasteiger partial charge in [0.05, 0.1) is 19.7 Å². The second-order valence-corrected chi connectivity index (χ2v) is 7.86. The number of pyridine rings is 1. The number of amides is 1. The van der Waals surface area contributed by atoms with Crippen LogP contribution in [0, 0.1) is 12.7 Å². The summed E-state index contributed by atoms with van der Waals surface area (Å²) >= 11 is 0. The first-order valence-electron chi connectivity index (χ1n) is 10.9. The van der Waals surface area contributed by atoms with Crippen LogP contribution < -0.4 is 19.5 Å². The SMILES string of the molecule is COc1cc2nccc(Oc3cc(C)c(NC(=O)c4ccn(C)n4)cc3F)c2cc1OC.O=C(O)C(F)(F)F. The van der Waals surface area contributed by atoms with Gasteiger partial charge in [-0.05, 0) is 36.8 Å². The fraction of sp³-hybridized carbons (Fsp3) is 0.200. The quantitative estimate of drug-likeness (QED) is 0.318. The zero-order valence-electron chi connectivity index (χ0n) is 21.0. The Morgan fingerprint density at radius 2 is 1.64 bits per heavy atom. The molecule has 2 heterocycles. The fourth-order valence-electron chi connectivity index (χ4n) is 3.25. The fourth-order valence-corrected chi connectivity index (χ4v) is 3.25. The first-order valence-corrected chi connectivity index (χ1v) is 10.9. The largest absolute Gasteiger partial charge is 0.493 e. The third-order valence-electron chi connectivity index (χ3n) is 5.14. The highest BCUT2D eigenvalue weighted by Crippen LogP contribution is 2.38. The third-order valence-corrected chi connectivity index (χ3v) is 5.14. The average molecular weight is 550 g/mol. The summed E-state index contributed by atoms with van der Waals surface area (Å²) in [6.07, 6.45) is -1.86.